The number of piperidine rings is 1. The molecule has 23 heavy (non-hydrogen) atoms. The van der Waals surface area contributed by atoms with E-state index in [2.05, 4.69) is 29.3 Å². The van der Waals surface area contributed by atoms with Crippen molar-refractivity contribution >= 4 is 17.2 Å². The molecular weight excluding hydrogens is 302 g/mol. The van der Waals surface area contributed by atoms with Gasteiger partial charge in [0.05, 0.1) is 0 Å². The van der Waals surface area contributed by atoms with E-state index in [0.717, 1.165) is 44.7 Å². The fourth-order valence-corrected chi connectivity index (χ4v) is 5.26. The third kappa shape index (κ3) is 4.37. The van der Waals surface area contributed by atoms with Crippen molar-refractivity contribution in [3.8, 4) is 0 Å². The summed E-state index contributed by atoms with van der Waals surface area (Å²) in [5.41, 5.74) is 0. The monoisotopic (exact) mass is 333 g/mol. The van der Waals surface area contributed by atoms with Crippen LogP contribution in [0.3, 0.4) is 0 Å². The predicted octanol–water partition coefficient (Wildman–Crippen LogP) is 5.45. The maximum atomic E-state index is 12.8. The standard InChI is InChI=1S/C20H31NOS/c1-2-3-5-16-7-9-18(10-8-16)20(22)21-13-11-17(12-14-21)19-6-4-15-23-19/h4,6,15-18H,2-3,5,7-14H2,1H3. The molecule has 1 amide bonds. The number of thiophene rings is 1. The number of hydrogen-bond donors (Lipinski definition) is 0. The lowest BCUT2D eigenvalue weighted by atomic mass is 9.79. The fourth-order valence-electron chi connectivity index (χ4n) is 4.36. The highest BCUT2D eigenvalue weighted by atomic mass is 32.1. The normalized spacial score (nSPS) is 26.4. The summed E-state index contributed by atoms with van der Waals surface area (Å²) >= 11 is 1.87. The van der Waals surface area contributed by atoms with Crippen molar-refractivity contribution in [3.63, 3.8) is 0 Å². The number of nitrogens with zero attached hydrogens (tertiary/aromatic N) is 1. The zero-order valence-corrected chi connectivity index (χ0v) is 15.3. The van der Waals surface area contributed by atoms with Crippen LogP contribution >= 0.6 is 11.3 Å². The molecule has 1 aliphatic carbocycles. The Morgan fingerprint density at radius 1 is 1.17 bits per heavy atom. The van der Waals surface area contributed by atoms with Crippen LogP contribution in [0.15, 0.2) is 17.5 Å². The van der Waals surface area contributed by atoms with E-state index >= 15 is 0 Å². The Kier molecular flexibility index (Phi) is 6.15. The van der Waals surface area contributed by atoms with E-state index in [0.29, 0.717) is 17.7 Å². The third-order valence-electron chi connectivity index (χ3n) is 5.91. The summed E-state index contributed by atoms with van der Waals surface area (Å²) in [6.07, 6.45) is 11.2. The molecule has 0 aromatic carbocycles. The Hall–Kier alpha value is -0.830. The van der Waals surface area contributed by atoms with Gasteiger partial charge >= 0.3 is 0 Å². The van der Waals surface area contributed by atoms with E-state index in [1.807, 2.05) is 11.3 Å². The molecule has 0 spiro atoms. The smallest absolute Gasteiger partial charge is 0.225 e. The Morgan fingerprint density at radius 3 is 2.52 bits per heavy atom. The Balaban J connectivity index is 1.43. The van der Waals surface area contributed by atoms with Crippen molar-refractivity contribution in [2.75, 3.05) is 13.1 Å². The summed E-state index contributed by atoms with van der Waals surface area (Å²) in [7, 11) is 0. The second kappa shape index (κ2) is 8.32. The Morgan fingerprint density at radius 2 is 1.91 bits per heavy atom. The van der Waals surface area contributed by atoms with E-state index in [4.69, 9.17) is 0 Å². The van der Waals surface area contributed by atoms with Gasteiger partial charge < -0.3 is 4.90 Å². The molecule has 0 radical (unpaired) electrons. The number of amides is 1. The summed E-state index contributed by atoms with van der Waals surface area (Å²) in [5.74, 6) is 2.36. The topological polar surface area (TPSA) is 20.3 Å². The minimum absolute atomic E-state index is 0.325. The molecule has 3 rings (SSSR count). The minimum Gasteiger partial charge on any atom is -0.342 e. The van der Waals surface area contributed by atoms with Gasteiger partial charge in [-0.25, -0.2) is 0 Å². The SMILES string of the molecule is CCCCC1CCC(C(=O)N2CCC(c3cccs3)CC2)CC1. The zero-order chi connectivity index (χ0) is 16.1. The largest absolute Gasteiger partial charge is 0.342 e. The number of hydrogen-bond acceptors (Lipinski definition) is 2. The Bertz CT molecular complexity index is 468. The number of rotatable bonds is 5. The van der Waals surface area contributed by atoms with Crippen LogP contribution in [0.4, 0.5) is 0 Å². The van der Waals surface area contributed by atoms with Gasteiger partial charge in [-0.15, -0.1) is 11.3 Å². The Labute approximate surface area is 145 Å². The molecule has 2 aliphatic rings. The van der Waals surface area contributed by atoms with Crippen molar-refractivity contribution in [3.05, 3.63) is 22.4 Å². The van der Waals surface area contributed by atoms with Crippen molar-refractivity contribution < 1.29 is 4.79 Å². The molecule has 0 unspecified atom stereocenters. The molecule has 0 atom stereocenters. The first-order valence-corrected chi connectivity index (χ1v) is 10.5. The summed E-state index contributed by atoms with van der Waals surface area (Å²) in [6, 6.07) is 4.40. The second-order valence-corrected chi connectivity index (χ2v) is 8.45. The van der Waals surface area contributed by atoms with Gasteiger partial charge in [0.1, 0.15) is 0 Å². The highest BCUT2D eigenvalue weighted by Crippen LogP contribution is 2.35. The van der Waals surface area contributed by atoms with Gasteiger partial charge in [-0.2, -0.15) is 0 Å². The summed E-state index contributed by atoms with van der Waals surface area (Å²) < 4.78 is 0. The lowest BCUT2D eigenvalue weighted by Crippen LogP contribution is -2.42. The summed E-state index contributed by atoms with van der Waals surface area (Å²) in [6.45, 7) is 4.21. The van der Waals surface area contributed by atoms with Gasteiger partial charge in [0, 0.05) is 23.9 Å². The molecular formula is C20H31NOS. The number of carbonyl (C=O) groups excluding carboxylic acids is 1. The van der Waals surface area contributed by atoms with Gasteiger partial charge in [0.15, 0.2) is 0 Å². The van der Waals surface area contributed by atoms with E-state index < -0.39 is 0 Å². The molecule has 1 aromatic heterocycles. The molecule has 0 N–H and O–H groups in total. The van der Waals surface area contributed by atoms with Crippen LogP contribution in [0.1, 0.15) is 75.5 Å². The van der Waals surface area contributed by atoms with Gasteiger partial charge in [0.2, 0.25) is 5.91 Å². The first kappa shape index (κ1) is 17.0. The van der Waals surface area contributed by atoms with E-state index in [1.165, 1.54) is 37.0 Å². The van der Waals surface area contributed by atoms with Gasteiger partial charge in [0.25, 0.3) is 0 Å². The molecule has 0 bridgehead atoms. The van der Waals surface area contributed by atoms with E-state index in [9.17, 15) is 4.79 Å². The van der Waals surface area contributed by atoms with Gasteiger partial charge in [-0.05, 0) is 61.8 Å². The molecule has 1 saturated heterocycles. The first-order chi connectivity index (χ1) is 11.3. The van der Waals surface area contributed by atoms with Crippen molar-refractivity contribution in [1.82, 2.24) is 4.90 Å². The second-order valence-electron chi connectivity index (χ2n) is 7.47. The highest BCUT2D eigenvalue weighted by molar-refractivity contribution is 7.10. The summed E-state index contributed by atoms with van der Waals surface area (Å²) in [5, 5.41) is 2.17. The average molecular weight is 334 g/mol. The van der Waals surface area contributed by atoms with Crippen molar-refractivity contribution in [2.24, 2.45) is 11.8 Å². The first-order valence-electron chi connectivity index (χ1n) is 9.60. The van der Waals surface area contributed by atoms with E-state index in [1.54, 1.807) is 0 Å². The maximum Gasteiger partial charge on any atom is 0.225 e. The molecule has 1 aromatic rings. The van der Waals surface area contributed by atoms with Crippen LogP contribution in [0, 0.1) is 11.8 Å². The molecule has 2 nitrogen and oxygen atoms in total. The maximum absolute atomic E-state index is 12.8. The van der Waals surface area contributed by atoms with Gasteiger partial charge in [-0.1, -0.05) is 32.3 Å². The van der Waals surface area contributed by atoms with Crippen molar-refractivity contribution in [2.45, 2.75) is 70.6 Å². The number of unbranched alkanes of at least 4 members (excludes halogenated alkanes) is 1. The lowest BCUT2D eigenvalue weighted by Gasteiger charge is -2.36. The highest BCUT2D eigenvalue weighted by Gasteiger charge is 2.31. The number of carbonyl (C=O) groups is 1. The number of likely N-dealkylation sites (tertiary alicyclic amines) is 1. The predicted molar refractivity (Wildman–Crippen MR) is 97.8 cm³/mol. The summed E-state index contributed by atoms with van der Waals surface area (Å²) in [4.78, 5) is 16.5. The van der Waals surface area contributed by atoms with Gasteiger partial charge in [-0.3, -0.25) is 4.79 Å². The van der Waals surface area contributed by atoms with Crippen LogP contribution in [-0.4, -0.2) is 23.9 Å². The van der Waals surface area contributed by atoms with Crippen LogP contribution in [0.2, 0.25) is 0 Å². The molecule has 1 aliphatic heterocycles. The molecule has 3 heteroatoms. The third-order valence-corrected chi connectivity index (χ3v) is 6.95. The lowest BCUT2D eigenvalue weighted by molar-refractivity contribution is -0.138. The minimum atomic E-state index is 0.325. The fraction of sp³-hybridized carbons (Fsp3) is 0.750. The molecule has 2 fully saturated rings. The van der Waals surface area contributed by atoms with Crippen molar-refractivity contribution in [1.29, 1.82) is 0 Å². The zero-order valence-electron chi connectivity index (χ0n) is 14.5. The van der Waals surface area contributed by atoms with Crippen LogP contribution < -0.4 is 0 Å². The van der Waals surface area contributed by atoms with Crippen LogP contribution in [0.5, 0.6) is 0 Å². The van der Waals surface area contributed by atoms with Crippen LogP contribution in [-0.2, 0) is 4.79 Å². The average Bonchev–Trinajstić information content (AvgIpc) is 3.14. The molecule has 1 saturated carbocycles. The molecule has 128 valence electrons. The van der Waals surface area contributed by atoms with E-state index in [-0.39, 0.29) is 0 Å². The quantitative estimate of drug-likeness (QED) is 0.701. The van der Waals surface area contributed by atoms with Crippen LogP contribution in [0.25, 0.3) is 0 Å². The molecule has 2 heterocycles.